The lowest BCUT2D eigenvalue weighted by atomic mass is 10.1. The van der Waals surface area contributed by atoms with Crippen LogP contribution in [-0.2, 0) is 81.7 Å². The van der Waals surface area contributed by atoms with Gasteiger partial charge in [0.05, 0.1) is 30.1 Å². The number of methoxy groups -OCH3 is 4. The van der Waals surface area contributed by atoms with Gasteiger partial charge in [-0.3, -0.25) is 19.2 Å². The summed E-state index contributed by atoms with van der Waals surface area (Å²) in [4.78, 5) is 44.5. The van der Waals surface area contributed by atoms with Crippen LogP contribution < -0.4 is 34.3 Å². The van der Waals surface area contributed by atoms with Gasteiger partial charge < -0.3 is 58.0 Å². The number of anilines is 1. The molecule has 0 aliphatic rings. The van der Waals surface area contributed by atoms with E-state index in [0.29, 0.717) is 55.9 Å². The van der Waals surface area contributed by atoms with Crippen LogP contribution in [0.15, 0.2) is 194 Å². The highest BCUT2D eigenvalue weighted by molar-refractivity contribution is 5.90. The molecular formula is C82H102N2O14. The Labute approximate surface area is 581 Å². The summed E-state index contributed by atoms with van der Waals surface area (Å²) in [5, 5.41) is 5.58. The minimum Gasteiger partial charge on any atom is -0.491 e. The Bertz CT molecular complexity index is 3340. The van der Waals surface area contributed by atoms with E-state index >= 15 is 0 Å². The van der Waals surface area contributed by atoms with Crippen molar-refractivity contribution in [3.8, 4) is 28.7 Å². The summed E-state index contributed by atoms with van der Waals surface area (Å²) in [6, 6.07) is 64.1. The third kappa shape index (κ3) is 32.2. The van der Waals surface area contributed by atoms with Crippen LogP contribution in [0.5, 0.6) is 28.7 Å². The van der Waals surface area contributed by atoms with E-state index < -0.39 is 0 Å². The zero-order chi connectivity index (χ0) is 70.9. The lowest BCUT2D eigenvalue weighted by Crippen LogP contribution is -2.23. The van der Waals surface area contributed by atoms with Gasteiger partial charge in [-0.15, -0.1) is 0 Å². The molecule has 524 valence electrons. The van der Waals surface area contributed by atoms with Crippen molar-refractivity contribution in [3.05, 3.63) is 250 Å². The largest absolute Gasteiger partial charge is 0.491 e. The zero-order valence-electron chi connectivity index (χ0n) is 59.4. The number of nitrogens with one attached hydrogen (secondary N) is 2. The highest BCUT2D eigenvalue weighted by atomic mass is 16.6. The molecule has 0 saturated heterocycles. The van der Waals surface area contributed by atoms with Gasteiger partial charge in [0.2, 0.25) is 11.8 Å². The molecule has 8 rings (SSSR count). The Balaban J connectivity index is 0.000000236. The van der Waals surface area contributed by atoms with Crippen molar-refractivity contribution >= 4 is 29.4 Å². The van der Waals surface area contributed by atoms with Crippen LogP contribution in [0.3, 0.4) is 0 Å². The third-order valence-corrected chi connectivity index (χ3v) is 15.7. The Kier molecular flexibility index (Phi) is 36.6. The molecule has 2 N–H and O–H groups in total. The summed E-state index contributed by atoms with van der Waals surface area (Å²) < 4.78 is 55.9. The highest BCUT2D eigenvalue weighted by Crippen LogP contribution is 2.28. The van der Waals surface area contributed by atoms with E-state index in [1.165, 1.54) is 72.2 Å². The average Bonchev–Trinajstić information content (AvgIpc) is 0.978. The van der Waals surface area contributed by atoms with E-state index in [2.05, 4.69) is 135 Å². The summed E-state index contributed by atoms with van der Waals surface area (Å²) in [7, 11) is 6.80. The molecule has 0 aliphatic heterocycles. The first kappa shape index (κ1) is 79.4. The maximum atomic E-state index is 11.3. The summed E-state index contributed by atoms with van der Waals surface area (Å²) in [6.45, 7) is 16.6. The first-order valence-electron chi connectivity index (χ1n) is 33.4. The second kappa shape index (κ2) is 45.2. The van der Waals surface area contributed by atoms with Crippen molar-refractivity contribution < 1.29 is 66.5 Å². The fraction of sp³-hybridized carbons (Fsp3) is 0.366. The number of rotatable bonds is 34. The monoisotopic (exact) mass is 1340 g/mol. The first-order chi connectivity index (χ1) is 47.3. The van der Waals surface area contributed by atoms with E-state index in [0.717, 1.165) is 74.0 Å². The lowest BCUT2D eigenvalue weighted by Gasteiger charge is -2.18. The normalized spacial score (nSPS) is 11.8. The van der Waals surface area contributed by atoms with Crippen LogP contribution >= 0.6 is 0 Å². The molecule has 16 nitrogen and oxygen atoms in total. The Morgan fingerprint density at radius 3 is 1.02 bits per heavy atom. The van der Waals surface area contributed by atoms with Gasteiger partial charge in [0.1, 0.15) is 50.3 Å². The van der Waals surface area contributed by atoms with Crippen LogP contribution in [0.25, 0.3) is 0 Å². The Hall–Kier alpha value is -9.32. The van der Waals surface area contributed by atoms with Crippen molar-refractivity contribution in [1.29, 1.82) is 0 Å². The third-order valence-electron chi connectivity index (χ3n) is 15.7. The van der Waals surface area contributed by atoms with E-state index in [4.69, 9.17) is 47.4 Å². The molecule has 8 aromatic carbocycles. The predicted octanol–water partition coefficient (Wildman–Crippen LogP) is 15.7. The quantitative estimate of drug-likeness (QED) is 0.0287. The first-order valence-corrected chi connectivity index (χ1v) is 33.4. The highest BCUT2D eigenvalue weighted by Gasteiger charge is 2.17. The molecule has 0 heterocycles. The lowest BCUT2D eigenvalue weighted by molar-refractivity contribution is -0.142. The molecule has 8 aromatic rings. The second-order valence-corrected chi connectivity index (χ2v) is 23.9. The van der Waals surface area contributed by atoms with E-state index in [9.17, 15) is 19.2 Å². The number of ether oxygens (including phenoxy) is 10. The summed E-state index contributed by atoms with van der Waals surface area (Å²) in [6.07, 6.45) is 7.26. The van der Waals surface area contributed by atoms with Crippen molar-refractivity contribution in [1.82, 2.24) is 5.32 Å². The molecular weight excluding hydrogens is 1240 g/mol. The van der Waals surface area contributed by atoms with Crippen LogP contribution in [-0.4, -0.2) is 103 Å². The van der Waals surface area contributed by atoms with Gasteiger partial charge in [-0.05, 0) is 138 Å². The minimum atomic E-state index is -0.367. The van der Waals surface area contributed by atoms with Crippen molar-refractivity contribution in [2.75, 3.05) is 60.2 Å². The number of amides is 2. The average molecular weight is 1340 g/mol. The molecule has 4 atom stereocenters. The molecule has 0 aromatic heterocycles. The van der Waals surface area contributed by atoms with Gasteiger partial charge in [-0.1, -0.05) is 180 Å². The molecule has 0 aliphatic carbocycles. The summed E-state index contributed by atoms with van der Waals surface area (Å²) >= 11 is 0. The number of carbonyl (C=O) groups is 4. The zero-order valence-corrected chi connectivity index (χ0v) is 59.4. The van der Waals surface area contributed by atoms with Gasteiger partial charge in [-0.2, -0.15) is 0 Å². The van der Waals surface area contributed by atoms with Crippen molar-refractivity contribution in [2.45, 2.75) is 144 Å². The van der Waals surface area contributed by atoms with Gasteiger partial charge in [0, 0.05) is 73.8 Å². The number of hydrogen-bond acceptors (Lipinski definition) is 14. The second-order valence-electron chi connectivity index (χ2n) is 23.9. The number of hydrogen-bond donors (Lipinski definition) is 2. The SMILES string of the molecule is COC(CCc1ccc(C)cc1)COc1ccccc1CNC(C)=O.COC(CCc1ccc(C)cc1)COc1ccccc1COC(C)=O.COC(CCc1ccc(C)cc1)COc1ccccc1NC(C)=O.COC(CCc1ccc(C)cc1)COc1ccccc1OC(C)=O. The number of para-hydroxylation sites is 6. The van der Waals surface area contributed by atoms with Gasteiger partial charge >= 0.3 is 11.9 Å². The maximum Gasteiger partial charge on any atom is 0.308 e. The fourth-order valence-corrected chi connectivity index (χ4v) is 9.79. The smallest absolute Gasteiger partial charge is 0.308 e. The van der Waals surface area contributed by atoms with Crippen LogP contribution in [0.1, 0.15) is 109 Å². The molecule has 2 amide bonds. The van der Waals surface area contributed by atoms with Crippen molar-refractivity contribution in [2.24, 2.45) is 0 Å². The molecule has 0 bridgehead atoms. The maximum absolute atomic E-state index is 11.3. The molecule has 16 heteroatoms. The molecule has 4 unspecified atom stereocenters. The van der Waals surface area contributed by atoms with Crippen molar-refractivity contribution in [3.63, 3.8) is 0 Å². The minimum absolute atomic E-state index is 0.00286. The van der Waals surface area contributed by atoms with Crippen LogP contribution in [0, 0.1) is 27.7 Å². The van der Waals surface area contributed by atoms with E-state index in [-0.39, 0.29) is 54.8 Å². The summed E-state index contributed by atoms with van der Waals surface area (Å²) in [5.41, 5.74) is 12.7. The van der Waals surface area contributed by atoms with Gasteiger partial charge in [-0.25, -0.2) is 0 Å². The molecule has 0 spiro atoms. The van der Waals surface area contributed by atoms with E-state index in [1.807, 2.05) is 78.9 Å². The number of carbonyl (C=O) groups excluding carboxylic acids is 4. The number of aryl methyl sites for hydroxylation is 8. The topological polar surface area (TPSA) is 185 Å². The Morgan fingerprint density at radius 1 is 0.347 bits per heavy atom. The molecule has 0 saturated carbocycles. The summed E-state index contributed by atoms with van der Waals surface area (Å²) in [5.74, 6) is 2.30. The molecule has 0 radical (unpaired) electrons. The van der Waals surface area contributed by atoms with Crippen LogP contribution in [0.4, 0.5) is 5.69 Å². The molecule has 98 heavy (non-hydrogen) atoms. The number of benzene rings is 8. The standard InChI is InChI=1S/C21H27NO3.C21H26O4.C20H25NO3.C20H24O4/c1-16-8-10-18(11-9-16)12-13-20(24-3)15-25-21-7-5-4-6-19(21)14-22-17(2)23;1-16-8-10-18(11-9-16)12-13-20(23-3)15-25-21-7-5-4-6-19(21)14-24-17(2)22;1-15-8-10-17(11-9-15)12-13-18(23-3)14-24-20-7-5-4-6-19(20)21-16(2)22;1-15-8-10-17(11-9-15)12-13-18(22-3)14-23-19-6-4-5-7-20(19)24-16(2)21/h4-11,20H,12-15H2,1-3H3,(H,22,23);4-11,20H,12-15H2,1-3H3;4-11,18H,12-14H2,1-3H3,(H,21,22);4-11,18H,12-14H2,1-3H3. The predicted molar refractivity (Wildman–Crippen MR) is 388 cm³/mol. The molecule has 0 fully saturated rings. The Morgan fingerprint density at radius 2 is 0.663 bits per heavy atom. The van der Waals surface area contributed by atoms with Gasteiger partial charge in [0.25, 0.3) is 0 Å². The van der Waals surface area contributed by atoms with E-state index in [1.54, 1.807) is 46.6 Å². The fourth-order valence-electron chi connectivity index (χ4n) is 9.79. The number of esters is 2. The van der Waals surface area contributed by atoms with Crippen LogP contribution in [0.2, 0.25) is 0 Å². The van der Waals surface area contributed by atoms with Gasteiger partial charge in [0.15, 0.2) is 11.5 Å².